The lowest BCUT2D eigenvalue weighted by atomic mass is 9.75. The van der Waals surface area contributed by atoms with Crippen LogP contribution in [0.1, 0.15) is 40.9 Å². The molecule has 1 fully saturated rings. The zero-order valence-corrected chi connectivity index (χ0v) is 11.7. The van der Waals surface area contributed by atoms with Crippen LogP contribution in [0.25, 0.3) is 0 Å². The summed E-state index contributed by atoms with van der Waals surface area (Å²) >= 11 is 0. The topological polar surface area (TPSA) is 46.5 Å². The summed E-state index contributed by atoms with van der Waals surface area (Å²) in [6.07, 6.45) is 0.472. The molecule has 106 valence electrons. The Kier molecular flexibility index (Phi) is 2.51. The number of benzene rings is 2. The van der Waals surface area contributed by atoms with Gasteiger partial charge in [0.05, 0.1) is 23.2 Å². The third kappa shape index (κ3) is 1.67. The molecule has 2 aliphatic heterocycles. The number of carbonyl (C=O) groups is 1. The van der Waals surface area contributed by atoms with Crippen LogP contribution in [-0.2, 0) is 10.3 Å². The van der Waals surface area contributed by atoms with E-state index in [1.807, 2.05) is 25.1 Å². The molecular weight excluding hydrogens is 264 g/mol. The molecule has 2 heterocycles. The van der Waals surface area contributed by atoms with E-state index in [2.05, 4.69) is 6.07 Å². The Morgan fingerprint density at radius 2 is 1.90 bits per heavy atom. The van der Waals surface area contributed by atoms with Gasteiger partial charge in [-0.25, -0.2) is 0 Å². The lowest BCUT2D eigenvalue weighted by Gasteiger charge is -2.25. The van der Waals surface area contributed by atoms with E-state index in [9.17, 15) is 9.90 Å². The molecular formula is C18H16O3. The van der Waals surface area contributed by atoms with Gasteiger partial charge in [0, 0.05) is 0 Å². The number of hydrogen-bond acceptors (Lipinski definition) is 3. The average Bonchev–Trinajstić information content (AvgIpc) is 2.99. The predicted octanol–water partition coefficient (Wildman–Crippen LogP) is 3.58. The number of para-hydroxylation sites is 1. The summed E-state index contributed by atoms with van der Waals surface area (Å²) in [6.45, 7) is 2.05. The molecule has 1 N–H and O–H groups in total. The van der Waals surface area contributed by atoms with E-state index in [0.29, 0.717) is 12.0 Å². The highest BCUT2D eigenvalue weighted by Gasteiger charge is 2.55. The Morgan fingerprint density at radius 3 is 2.71 bits per heavy atom. The maximum atomic E-state index is 12.8. The fraction of sp³-hybridized carbons (Fsp3) is 0.278. The summed E-state index contributed by atoms with van der Waals surface area (Å²) in [5, 5.41) is 9.91. The zero-order chi connectivity index (χ0) is 14.6. The van der Waals surface area contributed by atoms with Gasteiger partial charge >= 0.3 is 0 Å². The molecule has 0 aromatic heterocycles. The first kappa shape index (κ1) is 12.6. The maximum absolute atomic E-state index is 12.8. The van der Waals surface area contributed by atoms with Gasteiger partial charge in [0.1, 0.15) is 5.75 Å². The Balaban J connectivity index is 1.75. The molecule has 0 unspecified atom stereocenters. The van der Waals surface area contributed by atoms with Crippen molar-refractivity contribution in [2.75, 3.05) is 0 Å². The molecule has 21 heavy (non-hydrogen) atoms. The van der Waals surface area contributed by atoms with Crippen LogP contribution in [0, 0.1) is 5.92 Å². The molecule has 1 saturated heterocycles. The lowest BCUT2D eigenvalue weighted by molar-refractivity contribution is -0.0107. The second-order valence-corrected chi connectivity index (χ2v) is 6.05. The number of rotatable bonds is 2. The molecule has 0 spiro atoms. The number of aromatic hydroxyl groups is 1. The third-order valence-electron chi connectivity index (χ3n) is 4.71. The molecule has 3 nitrogen and oxygen atoms in total. The highest BCUT2D eigenvalue weighted by molar-refractivity contribution is 6.01. The number of phenolic OH excluding ortho intramolecular Hbond substituents is 1. The number of fused-ring (bicyclic) bond motifs is 5. The Labute approximate surface area is 123 Å². The number of carbonyl (C=O) groups excluding carboxylic acids is 1. The first-order valence-electron chi connectivity index (χ1n) is 7.19. The minimum atomic E-state index is -0.383. The SMILES string of the molecule is C[C@@]12C[C@@H](C(=O)c3ccccc3O)[C@@H](O1)c1ccccc12. The van der Waals surface area contributed by atoms with Crippen molar-refractivity contribution < 1.29 is 14.6 Å². The van der Waals surface area contributed by atoms with E-state index < -0.39 is 0 Å². The summed E-state index contributed by atoms with van der Waals surface area (Å²) in [6, 6.07) is 14.8. The van der Waals surface area contributed by atoms with Crippen molar-refractivity contribution in [1.82, 2.24) is 0 Å². The van der Waals surface area contributed by atoms with Crippen molar-refractivity contribution in [2.24, 2.45) is 5.92 Å². The van der Waals surface area contributed by atoms with Gasteiger partial charge in [0.15, 0.2) is 5.78 Å². The number of ketones is 1. The summed E-state index contributed by atoms with van der Waals surface area (Å²) in [4.78, 5) is 12.8. The Morgan fingerprint density at radius 1 is 1.19 bits per heavy atom. The summed E-state index contributed by atoms with van der Waals surface area (Å²) in [5.74, 6) is -0.210. The van der Waals surface area contributed by atoms with Crippen molar-refractivity contribution in [1.29, 1.82) is 0 Å². The molecule has 0 aliphatic carbocycles. The first-order valence-corrected chi connectivity index (χ1v) is 7.19. The second kappa shape index (κ2) is 4.18. The van der Waals surface area contributed by atoms with Crippen molar-refractivity contribution in [3.05, 3.63) is 65.2 Å². The van der Waals surface area contributed by atoms with Crippen LogP contribution in [-0.4, -0.2) is 10.9 Å². The van der Waals surface area contributed by atoms with E-state index >= 15 is 0 Å². The fourth-order valence-electron chi connectivity index (χ4n) is 3.73. The molecule has 2 aromatic carbocycles. The van der Waals surface area contributed by atoms with Crippen molar-refractivity contribution in [3.8, 4) is 5.75 Å². The molecule has 2 bridgehead atoms. The van der Waals surface area contributed by atoms with Gasteiger partial charge in [0.25, 0.3) is 0 Å². The van der Waals surface area contributed by atoms with Gasteiger partial charge in [-0.2, -0.15) is 0 Å². The van der Waals surface area contributed by atoms with E-state index in [1.165, 1.54) is 5.56 Å². The van der Waals surface area contributed by atoms with Crippen LogP contribution in [0.3, 0.4) is 0 Å². The monoisotopic (exact) mass is 280 g/mol. The van der Waals surface area contributed by atoms with Crippen molar-refractivity contribution >= 4 is 5.78 Å². The van der Waals surface area contributed by atoms with Crippen LogP contribution >= 0.6 is 0 Å². The summed E-state index contributed by atoms with van der Waals surface area (Å²) < 4.78 is 6.12. The predicted molar refractivity (Wildman–Crippen MR) is 78.2 cm³/mol. The third-order valence-corrected chi connectivity index (χ3v) is 4.71. The molecule has 4 rings (SSSR count). The van der Waals surface area contributed by atoms with Crippen molar-refractivity contribution in [3.63, 3.8) is 0 Å². The van der Waals surface area contributed by atoms with Crippen LogP contribution in [0.4, 0.5) is 0 Å². The van der Waals surface area contributed by atoms with Crippen LogP contribution in [0.2, 0.25) is 0 Å². The number of phenols is 1. The van der Waals surface area contributed by atoms with Crippen LogP contribution in [0.15, 0.2) is 48.5 Å². The van der Waals surface area contributed by atoms with E-state index in [4.69, 9.17) is 4.74 Å². The van der Waals surface area contributed by atoms with Gasteiger partial charge in [-0.3, -0.25) is 4.79 Å². The molecule has 3 heteroatoms. The van der Waals surface area contributed by atoms with Gasteiger partial charge in [-0.15, -0.1) is 0 Å². The largest absolute Gasteiger partial charge is 0.507 e. The van der Waals surface area contributed by atoms with E-state index in [1.54, 1.807) is 24.3 Å². The van der Waals surface area contributed by atoms with E-state index in [0.717, 1.165) is 5.56 Å². The Hall–Kier alpha value is -2.13. The number of ether oxygens (including phenoxy) is 1. The maximum Gasteiger partial charge on any atom is 0.172 e. The zero-order valence-electron chi connectivity index (χ0n) is 11.7. The quantitative estimate of drug-likeness (QED) is 0.855. The summed E-state index contributed by atoms with van der Waals surface area (Å²) in [7, 11) is 0. The van der Waals surface area contributed by atoms with Gasteiger partial charge in [-0.1, -0.05) is 36.4 Å². The minimum absolute atomic E-state index is 0.0312. The second-order valence-electron chi connectivity index (χ2n) is 6.05. The molecule has 2 aliphatic rings. The normalized spacial score (nSPS) is 29.4. The van der Waals surface area contributed by atoms with Crippen molar-refractivity contribution in [2.45, 2.75) is 25.0 Å². The molecule has 0 amide bonds. The fourth-order valence-corrected chi connectivity index (χ4v) is 3.73. The molecule has 2 aromatic rings. The average molecular weight is 280 g/mol. The van der Waals surface area contributed by atoms with Crippen LogP contribution < -0.4 is 0 Å². The molecule has 3 atom stereocenters. The highest BCUT2D eigenvalue weighted by Crippen LogP contribution is 2.58. The van der Waals surface area contributed by atoms with Crippen LogP contribution in [0.5, 0.6) is 5.75 Å². The minimum Gasteiger partial charge on any atom is -0.507 e. The standard InChI is InChI=1S/C18H16O3/c1-18-10-13(16(20)12-7-3-5-9-15(12)19)17(21-18)11-6-2-4-8-14(11)18/h2-9,13,17,19H,10H2,1H3/t13-,17-,18-/m0/s1. The van der Waals surface area contributed by atoms with Gasteiger partial charge < -0.3 is 9.84 Å². The molecule has 0 saturated carbocycles. The first-order chi connectivity index (χ1) is 10.1. The molecule has 0 radical (unpaired) electrons. The Bertz CT molecular complexity index is 737. The number of hydrogen-bond donors (Lipinski definition) is 1. The lowest BCUT2D eigenvalue weighted by Crippen LogP contribution is -2.25. The smallest absolute Gasteiger partial charge is 0.172 e. The number of Topliss-reactive ketones (excluding diaryl/α,β-unsaturated/α-hetero) is 1. The van der Waals surface area contributed by atoms with E-state index in [-0.39, 0.29) is 29.2 Å². The summed E-state index contributed by atoms with van der Waals surface area (Å²) in [5.41, 5.74) is 2.31. The van der Waals surface area contributed by atoms with Gasteiger partial charge in [0.2, 0.25) is 0 Å². The highest BCUT2D eigenvalue weighted by atomic mass is 16.5. The van der Waals surface area contributed by atoms with Gasteiger partial charge in [-0.05, 0) is 36.6 Å².